The van der Waals surface area contributed by atoms with Crippen LogP contribution in [0.5, 0.6) is 0 Å². The van der Waals surface area contributed by atoms with Crippen molar-refractivity contribution < 1.29 is 13.2 Å². The van der Waals surface area contributed by atoms with Gasteiger partial charge in [-0.2, -0.15) is 0 Å². The van der Waals surface area contributed by atoms with E-state index in [9.17, 15) is 13.2 Å². The SMILES string of the molecule is CC(CN)CCC(=O)NCCS(C)(=O)=O. The highest BCUT2D eigenvalue weighted by Gasteiger charge is 2.06. The lowest BCUT2D eigenvalue weighted by Gasteiger charge is -2.08. The van der Waals surface area contributed by atoms with Gasteiger partial charge in [-0.3, -0.25) is 4.79 Å². The summed E-state index contributed by atoms with van der Waals surface area (Å²) in [5.41, 5.74) is 5.40. The van der Waals surface area contributed by atoms with Crippen LogP contribution in [0.25, 0.3) is 0 Å². The van der Waals surface area contributed by atoms with Gasteiger partial charge in [-0.05, 0) is 18.9 Å². The van der Waals surface area contributed by atoms with E-state index in [4.69, 9.17) is 5.73 Å². The highest BCUT2D eigenvalue weighted by atomic mass is 32.2. The topological polar surface area (TPSA) is 89.3 Å². The molecule has 0 aliphatic carbocycles. The second-order valence-electron chi connectivity index (χ2n) is 3.86. The zero-order chi connectivity index (χ0) is 11.9. The van der Waals surface area contributed by atoms with Crippen molar-refractivity contribution in [2.24, 2.45) is 11.7 Å². The van der Waals surface area contributed by atoms with Crippen molar-refractivity contribution in [2.75, 3.05) is 25.1 Å². The Kier molecular flexibility index (Phi) is 6.51. The standard InChI is InChI=1S/C9H20N2O3S/c1-8(7-10)3-4-9(12)11-5-6-15(2,13)14/h8H,3-7,10H2,1-2H3,(H,11,12). The Morgan fingerprint density at radius 2 is 2.07 bits per heavy atom. The summed E-state index contributed by atoms with van der Waals surface area (Å²) in [5, 5.41) is 2.56. The fraction of sp³-hybridized carbons (Fsp3) is 0.889. The van der Waals surface area contributed by atoms with Crippen molar-refractivity contribution in [1.82, 2.24) is 5.32 Å². The van der Waals surface area contributed by atoms with Gasteiger partial charge in [-0.1, -0.05) is 6.92 Å². The summed E-state index contributed by atoms with van der Waals surface area (Å²) >= 11 is 0. The summed E-state index contributed by atoms with van der Waals surface area (Å²) in [4.78, 5) is 11.2. The van der Waals surface area contributed by atoms with Crippen molar-refractivity contribution in [3.63, 3.8) is 0 Å². The average molecular weight is 236 g/mol. The maximum Gasteiger partial charge on any atom is 0.220 e. The maximum atomic E-state index is 11.2. The van der Waals surface area contributed by atoms with Gasteiger partial charge < -0.3 is 11.1 Å². The normalized spacial score (nSPS) is 13.5. The molecule has 90 valence electrons. The molecular weight excluding hydrogens is 216 g/mol. The van der Waals surface area contributed by atoms with Crippen LogP contribution in [-0.4, -0.2) is 39.4 Å². The molecule has 0 rings (SSSR count). The smallest absolute Gasteiger partial charge is 0.220 e. The molecule has 3 N–H and O–H groups in total. The minimum atomic E-state index is -2.99. The Morgan fingerprint density at radius 3 is 2.53 bits per heavy atom. The lowest BCUT2D eigenvalue weighted by Crippen LogP contribution is -2.29. The van der Waals surface area contributed by atoms with Crippen LogP contribution in [0.15, 0.2) is 0 Å². The Morgan fingerprint density at radius 1 is 1.47 bits per heavy atom. The van der Waals surface area contributed by atoms with Crippen LogP contribution in [0, 0.1) is 5.92 Å². The molecule has 0 aliphatic heterocycles. The predicted octanol–water partition coefficient (Wildman–Crippen LogP) is -0.478. The first kappa shape index (κ1) is 14.4. The zero-order valence-corrected chi connectivity index (χ0v) is 10.1. The Bertz CT molecular complexity index is 288. The first-order valence-corrected chi connectivity index (χ1v) is 7.05. The molecule has 1 atom stereocenters. The fourth-order valence-corrected chi connectivity index (χ4v) is 1.43. The molecule has 0 radical (unpaired) electrons. The highest BCUT2D eigenvalue weighted by molar-refractivity contribution is 7.90. The van der Waals surface area contributed by atoms with Crippen LogP contribution >= 0.6 is 0 Å². The number of nitrogens with one attached hydrogen (secondary N) is 1. The van der Waals surface area contributed by atoms with Crippen molar-refractivity contribution in [3.8, 4) is 0 Å². The van der Waals surface area contributed by atoms with E-state index in [-0.39, 0.29) is 18.2 Å². The molecule has 0 saturated heterocycles. The van der Waals surface area contributed by atoms with Gasteiger partial charge in [0, 0.05) is 19.2 Å². The summed E-state index contributed by atoms with van der Waals surface area (Å²) in [5.74, 6) is 0.204. The second-order valence-corrected chi connectivity index (χ2v) is 6.12. The van der Waals surface area contributed by atoms with Gasteiger partial charge in [0.05, 0.1) is 5.75 Å². The Hall–Kier alpha value is -0.620. The first-order chi connectivity index (χ1) is 6.85. The molecular formula is C9H20N2O3S. The summed E-state index contributed by atoms with van der Waals surface area (Å²) in [6.07, 6.45) is 2.29. The summed E-state index contributed by atoms with van der Waals surface area (Å²) in [6.45, 7) is 2.73. The van der Waals surface area contributed by atoms with E-state index < -0.39 is 9.84 Å². The van der Waals surface area contributed by atoms with Gasteiger partial charge in [0.2, 0.25) is 5.91 Å². The van der Waals surface area contributed by atoms with E-state index in [1.54, 1.807) is 0 Å². The number of rotatable bonds is 7. The number of nitrogens with two attached hydrogens (primary N) is 1. The van der Waals surface area contributed by atoms with Crippen LogP contribution < -0.4 is 11.1 Å². The third-order valence-electron chi connectivity index (χ3n) is 2.06. The van der Waals surface area contributed by atoms with Crippen molar-refractivity contribution in [2.45, 2.75) is 19.8 Å². The maximum absolute atomic E-state index is 11.2. The average Bonchev–Trinajstić information content (AvgIpc) is 2.12. The van der Waals surface area contributed by atoms with Gasteiger partial charge in [0.25, 0.3) is 0 Å². The first-order valence-electron chi connectivity index (χ1n) is 4.99. The van der Waals surface area contributed by atoms with Crippen molar-refractivity contribution >= 4 is 15.7 Å². The van der Waals surface area contributed by atoms with E-state index in [1.165, 1.54) is 0 Å². The Balaban J connectivity index is 3.59. The third-order valence-corrected chi connectivity index (χ3v) is 3.01. The molecule has 15 heavy (non-hydrogen) atoms. The lowest BCUT2D eigenvalue weighted by molar-refractivity contribution is -0.121. The van der Waals surface area contributed by atoms with E-state index in [0.717, 1.165) is 12.7 Å². The predicted molar refractivity (Wildman–Crippen MR) is 60.2 cm³/mol. The molecule has 0 spiro atoms. The van der Waals surface area contributed by atoms with E-state index in [2.05, 4.69) is 5.32 Å². The molecule has 0 aromatic rings. The van der Waals surface area contributed by atoms with Gasteiger partial charge in [-0.15, -0.1) is 0 Å². The minimum Gasteiger partial charge on any atom is -0.355 e. The molecule has 0 saturated carbocycles. The van der Waals surface area contributed by atoms with Crippen LogP contribution in [0.4, 0.5) is 0 Å². The largest absolute Gasteiger partial charge is 0.355 e. The molecule has 0 fully saturated rings. The van der Waals surface area contributed by atoms with Crippen LogP contribution in [-0.2, 0) is 14.6 Å². The molecule has 1 unspecified atom stereocenters. The Labute approximate surface area is 91.3 Å². The van der Waals surface area contributed by atoms with Crippen molar-refractivity contribution in [1.29, 1.82) is 0 Å². The van der Waals surface area contributed by atoms with Gasteiger partial charge >= 0.3 is 0 Å². The molecule has 5 nitrogen and oxygen atoms in total. The quantitative estimate of drug-likeness (QED) is 0.625. The molecule has 0 aromatic heterocycles. The summed E-state index contributed by atoms with van der Waals surface area (Å²) in [6, 6.07) is 0. The van der Waals surface area contributed by atoms with Gasteiger partial charge in [-0.25, -0.2) is 8.42 Å². The highest BCUT2D eigenvalue weighted by Crippen LogP contribution is 2.02. The third kappa shape index (κ3) is 9.68. The summed E-state index contributed by atoms with van der Waals surface area (Å²) < 4.78 is 21.5. The fourth-order valence-electron chi connectivity index (χ4n) is 0.960. The van der Waals surface area contributed by atoms with Crippen LogP contribution in [0.2, 0.25) is 0 Å². The monoisotopic (exact) mass is 236 g/mol. The van der Waals surface area contributed by atoms with Crippen LogP contribution in [0.3, 0.4) is 0 Å². The lowest BCUT2D eigenvalue weighted by atomic mass is 10.1. The summed E-state index contributed by atoms with van der Waals surface area (Å²) in [7, 11) is -2.99. The van der Waals surface area contributed by atoms with E-state index in [1.807, 2.05) is 6.92 Å². The second kappa shape index (κ2) is 6.79. The number of carbonyl (C=O) groups excluding carboxylic acids is 1. The van der Waals surface area contributed by atoms with E-state index in [0.29, 0.717) is 18.9 Å². The molecule has 0 bridgehead atoms. The van der Waals surface area contributed by atoms with Gasteiger partial charge in [0.15, 0.2) is 0 Å². The number of sulfone groups is 1. The molecule has 0 aliphatic rings. The number of hydrogen-bond donors (Lipinski definition) is 2. The minimum absolute atomic E-state index is 0.00875. The zero-order valence-electron chi connectivity index (χ0n) is 9.32. The molecule has 0 aromatic carbocycles. The molecule has 0 heterocycles. The number of amides is 1. The van der Waals surface area contributed by atoms with Gasteiger partial charge in [0.1, 0.15) is 9.84 Å². The van der Waals surface area contributed by atoms with Crippen LogP contribution in [0.1, 0.15) is 19.8 Å². The van der Waals surface area contributed by atoms with Crippen molar-refractivity contribution in [3.05, 3.63) is 0 Å². The molecule has 1 amide bonds. The van der Waals surface area contributed by atoms with E-state index >= 15 is 0 Å². The number of carbonyl (C=O) groups is 1. The number of hydrogen-bond acceptors (Lipinski definition) is 4. The molecule has 6 heteroatoms.